The summed E-state index contributed by atoms with van der Waals surface area (Å²) >= 11 is 1.56. The van der Waals surface area contributed by atoms with Crippen LogP contribution in [0.25, 0.3) is 11.3 Å². The molecule has 0 aliphatic carbocycles. The third-order valence-corrected chi connectivity index (χ3v) is 4.58. The van der Waals surface area contributed by atoms with Gasteiger partial charge in [0.1, 0.15) is 5.82 Å². The minimum absolute atomic E-state index is 0.252. The standard InChI is InChI=1S/C19H18FN3S/c1-3-23-18(16-7-5-4-6-8-16)13-24-19(23)22-21-14(2)15-9-11-17(20)12-10-15/h4-13H,3H2,1-2H3/b21-14-,22-19-. The largest absolute Gasteiger partial charge is 0.315 e. The van der Waals surface area contributed by atoms with Crippen molar-refractivity contribution in [2.24, 2.45) is 10.2 Å². The maximum atomic E-state index is 13.0. The van der Waals surface area contributed by atoms with Crippen LogP contribution in [0, 0.1) is 5.82 Å². The Morgan fingerprint density at radius 3 is 2.46 bits per heavy atom. The fourth-order valence-corrected chi connectivity index (χ4v) is 3.34. The molecule has 0 aliphatic rings. The van der Waals surface area contributed by atoms with E-state index in [1.54, 1.807) is 23.5 Å². The lowest BCUT2D eigenvalue weighted by atomic mass is 10.1. The van der Waals surface area contributed by atoms with Crippen LogP contribution in [0.15, 0.2) is 70.2 Å². The van der Waals surface area contributed by atoms with E-state index in [1.807, 2.05) is 25.1 Å². The highest BCUT2D eigenvalue weighted by Gasteiger charge is 2.06. The Balaban J connectivity index is 1.97. The Hall–Kier alpha value is -2.53. The van der Waals surface area contributed by atoms with Gasteiger partial charge >= 0.3 is 0 Å². The summed E-state index contributed by atoms with van der Waals surface area (Å²) in [4.78, 5) is 0.845. The summed E-state index contributed by atoms with van der Waals surface area (Å²) in [5, 5.41) is 10.8. The molecule has 24 heavy (non-hydrogen) atoms. The number of halogens is 1. The summed E-state index contributed by atoms with van der Waals surface area (Å²) in [6.45, 7) is 4.78. The highest BCUT2D eigenvalue weighted by Crippen LogP contribution is 2.19. The third kappa shape index (κ3) is 3.51. The lowest BCUT2D eigenvalue weighted by molar-refractivity contribution is 0.628. The average Bonchev–Trinajstić information content (AvgIpc) is 3.04. The van der Waals surface area contributed by atoms with Crippen LogP contribution < -0.4 is 4.80 Å². The smallest absolute Gasteiger partial charge is 0.211 e. The first-order valence-electron chi connectivity index (χ1n) is 7.77. The normalized spacial score (nSPS) is 12.6. The highest BCUT2D eigenvalue weighted by molar-refractivity contribution is 7.07. The molecule has 0 aliphatic heterocycles. The van der Waals surface area contributed by atoms with Gasteiger partial charge in [-0.2, -0.15) is 5.10 Å². The van der Waals surface area contributed by atoms with Gasteiger partial charge in [0.25, 0.3) is 0 Å². The second-order valence-electron chi connectivity index (χ2n) is 5.31. The van der Waals surface area contributed by atoms with E-state index in [-0.39, 0.29) is 5.82 Å². The Morgan fingerprint density at radius 2 is 1.79 bits per heavy atom. The van der Waals surface area contributed by atoms with Crippen molar-refractivity contribution in [1.29, 1.82) is 0 Å². The van der Waals surface area contributed by atoms with Crippen LogP contribution in [-0.4, -0.2) is 10.3 Å². The summed E-state index contributed by atoms with van der Waals surface area (Å²) in [5.41, 5.74) is 3.92. The van der Waals surface area contributed by atoms with Crippen LogP contribution in [0.5, 0.6) is 0 Å². The van der Waals surface area contributed by atoms with Gasteiger partial charge in [0.2, 0.25) is 4.80 Å². The Kier molecular flexibility index (Phi) is 5.01. The van der Waals surface area contributed by atoms with E-state index in [1.165, 1.54) is 12.1 Å². The van der Waals surface area contributed by atoms with Crippen molar-refractivity contribution in [3.63, 3.8) is 0 Å². The van der Waals surface area contributed by atoms with Crippen molar-refractivity contribution in [3.8, 4) is 11.3 Å². The van der Waals surface area contributed by atoms with Gasteiger partial charge in [-0.25, -0.2) is 4.39 Å². The summed E-state index contributed by atoms with van der Waals surface area (Å²) in [5.74, 6) is -0.252. The lowest BCUT2D eigenvalue weighted by Crippen LogP contribution is -2.14. The third-order valence-electron chi connectivity index (χ3n) is 3.73. The van der Waals surface area contributed by atoms with Crippen LogP contribution in [-0.2, 0) is 6.54 Å². The van der Waals surface area contributed by atoms with Gasteiger partial charge in [-0.05, 0) is 37.1 Å². The molecule has 122 valence electrons. The van der Waals surface area contributed by atoms with Gasteiger partial charge in [0, 0.05) is 11.9 Å². The number of hydrogen-bond donors (Lipinski definition) is 0. The van der Waals surface area contributed by atoms with Gasteiger partial charge < -0.3 is 4.57 Å². The predicted octanol–water partition coefficient (Wildman–Crippen LogP) is 4.70. The molecule has 1 heterocycles. The molecule has 0 saturated carbocycles. The zero-order valence-electron chi connectivity index (χ0n) is 13.6. The molecule has 0 fully saturated rings. The van der Waals surface area contributed by atoms with Gasteiger partial charge in [0.05, 0.1) is 11.4 Å². The average molecular weight is 339 g/mol. The molecular formula is C19H18FN3S. The van der Waals surface area contributed by atoms with Gasteiger partial charge in [0.15, 0.2) is 0 Å². The molecule has 1 aromatic heterocycles. The summed E-state index contributed by atoms with van der Waals surface area (Å²) in [7, 11) is 0. The second-order valence-corrected chi connectivity index (χ2v) is 6.14. The molecule has 3 rings (SSSR count). The zero-order valence-corrected chi connectivity index (χ0v) is 14.4. The highest BCUT2D eigenvalue weighted by atomic mass is 32.1. The molecule has 3 aromatic rings. The molecule has 0 bridgehead atoms. The number of thiazole rings is 1. The number of benzene rings is 2. The summed E-state index contributed by atoms with van der Waals surface area (Å²) in [6, 6.07) is 16.5. The number of nitrogens with zero attached hydrogens (tertiary/aromatic N) is 3. The molecule has 0 spiro atoms. The predicted molar refractivity (Wildman–Crippen MR) is 97.6 cm³/mol. The molecule has 0 unspecified atom stereocenters. The minimum atomic E-state index is -0.252. The fourth-order valence-electron chi connectivity index (χ4n) is 2.42. The fraction of sp³-hybridized carbons (Fsp3) is 0.158. The molecule has 0 radical (unpaired) electrons. The number of hydrogen-bond acceptors (Lipinski definition) is 3. The van der Waals surface area contributed by atoms with E-state index >= 15 is 0 Å². The van der Waals surface area contributed by atoms with Gasteiger partial charge in [-0.3, -0.25) is 0 Å². The Labute approximate surface area is 144 Å². The monoisotopic (exact) mass is 339 g/mol. The van der Waals surface area contributed by atoms with Crippen LogP contribution in [0.3, 0.4) is 0 Å². The van der Waals surface area contributed by atoms with Crippen molar-refractivity contribution < 1.29 is 4.39 Å². The van der Waals surface area contributed by atoms with Crippen LogP contribution in [0.4, 0.5) is 4.39 Å². The van der Waals surface area contributed by atoms with Crippen molar-refractivity contribution in [3.05, 3.63) is 76.2 Å². The zero-order chi connectivity index (χ0) is 16.9. The van der Waals surface area contributed by atoms with E-state index in [0.717, 1.165) is 33.9 Å². The molecule has 5 heteroatoms. The molecule has 0 atom stereocenters. The van der Waals surface area contributed by atoms with Crippen molar-refractivity contribution in [2.45, 2.75) is 20.4 Å². The molecule has 3 nitrogen and oxygen atoms in total. The maximum Gasteiger partial charge on any atom is 0.211 e. The second kappa shape index (κ2) is 7.36. The molecule has 0 saturated heterocycles. The van der Waals surface area contributed by atoms with E-state index in [4.69, 9.17) is 0 Å². The Bertz CT molecular complexity index is 906. The minimum Gasteiger partial charge on any atom is -0.315 e. The van der Waals surface area contributed by atoms with Crippen molar-refractivity contribution in [2.75, 3.05) is 0 Å². The topological polar surface area (TPSA) is 29.6 Å². The number of aromatic nitrogens is 1. The molecule has 0 N–H and O–H groups in total. The van der Waals surface area contributed by atoms with Crippen molar-refractivity contribution in [1.82, 2.24) is 4.57 Å². The molecule has 0 amide bonds. The van der Waals surface area contributed by atoms with Crippen molar-refractivity contribution >= 4 is 17.0 Å². The van der Waals surface area contributed by atoms with Crippen LogP contribution in [0.1, 0.15) is 19.4 Å². The first-order valence-corrected chi connectivity index (χ1v) is 8.65. The van der Waals surface area contributed by atoms with E-state index < -0.39 is 0 Å². The number of rotatable bonds is 4. The van der Waals surface area contributed by atoms with E-state index in [0.29, 0.717) is 0 Å². The van der Waals surface area contributed by atoms with Gasteiger partial charge in [-0.1, -0.05) is 42.5 Å². The van der Waals surface area contributed by atoms with Crippen LogP contribution >= 0.6 is 11.3 Å². The quantitative estimate of drug-likeness (QED) is 0.487. The summed E-state index contributed by atoms with van der Waals surface area (Å²) < 4.78 is 15.1. The van der Waals surface area contributed by atoms with Crippen LogP contribution in [0.2, 0.25) is 0 Å². The lowest BCUT2D eigenvalue weighted by Gasteiger charge is -2.05. The Morgan fingerprint density at radius 1 is 1.08 bits per heavy atom. The maximum absolute atomic E-state index is 13.0. The first kappa shape index (κ1) is 16.3. The molecule has 2 aromatic carbocycles. The van der Waals surface area contributed by atoms with Gasteiger partial charge in [-0.15, -0.1) is 16.4 Å². The van der Waals surface area contributed by atoms with E-state index in [9.17, 15) is 4.39 Å². The SMILES string of the molecule is CCn1c(-c2ccccc2)cs/c1=N\N=C(\C)c1ccc(F)cc1. The van der Waals surface area contributed by atoms with E-state index in [2.05, 4.69) is 39.2 Å². The first-order chi connectivity index (χ1) is 11.7. The summed E-state index contributed by atoms with van der Waals surface area (Å²) in [6.07, 6.45) is 0. The molecular weight excluding hydrogens is 321 g/mol.